The van der Waals surface area contributed by atoms with Crippen LogP contribution in [0.1, 0.15) is 73.1 Å². The topological polar surface area (TPSA) is 46.5 Å². The van der Waals surface area contributed by atoms with Gasteiger partial charge in [-0.25, -0.2) is 0 Å². The largest absolute Gasteiger partial charge is 0.481 e. The van der Waals surface area contributed by atoms with Gasteiger partial charge in [0.2, 0.25) is 0 Å². The lowest BCUT2D eigenvalue weighted by Crippen LogP contribution is -2.67. The molecule has 1 fully saturated rings. The van der Waals surface area contributed by atoms with E-state index >= 15 is 0 Å². The Morgan fingerprint density at radius 2 is 1.47 bits per heavy atom. The number of carbonyl (C=O) groups is 1. The highest BCUT2D eigenvalue weighted by molar-refractivity contribution is 6.99. The Morgan fingerprint density at radius 3 is 1.94 bits per heavy atom. The Morgan fingerprint density at radius 1 is 0.938 bits per heavy atom. The van der Waals surface area contributed by atoms with E-state index in [0.717, 1.165) is 32.1 Å². The van der Waals surface area contributed by atoms with Crippen molar-refractivity contribution >= 4 is 24.7 Å². The van der Waals surface area contributed by atoms with E-state index in [-0.39, 0.29) is 11.1 Å². The molecule has 1 N–H and O–H groups in total. The molecule has 0 bridgehead atoms. The molecule has 0 unspecified atom stereocenters. The van der Waals surface area contributed by atoms with Gasteiger partial charge in [-0.2, -0.15) is 0 Å². The van der Waals surface area contributed by atoms with Crippen molar-refractivity contribution in [2.45, 2.75) is 84.3 Å². The van der Waals surface area contributed by atoms with Crippen LogP contribution in [0, 0.1) is 11.3 Å². The monoisotopic (exact) mass is 452 g/mol. The molecule has 1 aliphatic carbocycles. The standard InChI is InChI=1S/C28H40O3Si/c1-27(2,3)32(24-15-8-6-9-16-24,25-17-10-7-11-18-25)31-23-14-12-13-22(21-23)19-20-28(4,5)26(29)30/h6-11,15-18,22-23H,12-14,19-21H2,1-5H3,(H,29,30)/t22-,23-/m0/s1. The lowest BCUT2D eigenvalue weighted by Gasteiger charge is -2.46. The van der Waals surface area contributed by atoms with Gasteiger partial charge in [0, 0.05) is 6.10 Å². The third kappa shape index (κ3) is 5.35. The predicted octanol–water partition coefficient (Wildman–Crippen LogP) is 6.01. The van der Waals surface area contributed by atoms with E-state index in [9.17, 15) is 9.90 Å². The molecule has 0 amide bonds. The van der Waals surface area contributed by atoms with Crippen LogP contribution in [0.2, 0.25) is 5.04 Å². The average molecular weight is 453 g/mol. The van der Waals surface area contributed by atoms with E-state index in [1.807, 2.05) is 13.8 Å². The van der Waals surface area contributed by atoms with Crippen LogP contribution in [-0.4, -0.2) is 25.5 Å². The molecule has 0 saturated heterocycles. The van der Waals surface area contributed by atoms with Gasteiger partial charge in [-0.05, 0) is 60.9 Å². The zero-order chi connectivity index (χ0) is 23.4. The SMILES string of the molecule is CC(C)(CC[C@@H]1CCC[C@H](O[Si](c2ccccc2)(c2ccccc2)C(C)(C)C)C1)C(=O)O. The molecule has 174 valence electrons. The minimum atomic E-state index is -2.54. The highest BCUT2D eigenvalue weighted by atomic mass is 28.4. The summed E-state index contributed by atoms with van der Waals surface area (Å²) in [5, 5.41) is 12.1. The fraction of sp³-hybridized carbons (Fsp3) is 0.536. The Hall–Kier alpha value is -1.91. The average Bonchev–Trinajstić information content (AvgIpc) is 2.77. The zero-order valence-electron chi connectivity index (χ0n) is 20.4. The smallest absolute Gasteiger partial charge is 0.309 e. The van der Waals surface area contributed by atoms with Crippen LogP contribution in [0.25, 0.3) is 0 Å². The molecule has 3 nitrogen and oxygen atoms in total. The van der Waals surface area contributed by atoms with Crippen LogP contribution in [0.3, 0.4) is 0 Å². The highest BCUT2D eigenvalue weighted by Gasteiger charge is 2.51. The maximum absolute atomic E-state index is 11.6. The number of benzene rings is 2. The molecule has 0 spiro atoms. The van der Waals surface area contributed by atoms with Crippen LogP contribution in [0.4, 0.5) is 0 Å². The van der Waals surface area contributed by atoms with Gasteiger partial charge in [0.05, 0.1) is 5.41 Å². The van der Waals surface area contributed by atoms with Crippen molar-refractivity contribution in [2.75, 3.05) is 0 Å². The fourth-order valence-electron chi connectivity index (χ4n) is 5.22. The van der Waals surface area contributed by atoms with Crippen molar-refractivity contribution in [1.29, 1.82) is 0 Å². The second-order valence-electron chi connectivity index (χ2n) is 11.2. The summed E-state index contributed by atoms with van der Waals surface area (Å²) in [5.74, 6) is -0.168. The molecule has 2 atom stereocenters. The summed E-state index contributed by atoms with van der Waals surface area (Å²) >= 11 is 0. The van der Waals surface area contributed by atoms with E-state index in [2.05, 4.69) is 81.4 Å². The second kappa shape index (κ2) is 9.92. The number of carboxylic acids is 1. The Labute approximate surface area is 195 Å². The number of hydrogen-bond acceptors (Lipinski definition) is 2. The van der Waals surface area contributed by atoms with Gasteiger partial charge in [-0.3, -0.25) is 4.79 Å². The summed E-state index contributed by atoms with van der Waals surface area (Å²) in [6, 6.07) is 21.7. The normalized spacial score (nSPS) is 20.2. The molecular weight excluding hydrogens is 412 g/mol. The summed E-state index contributed by atoms with van der Waals surface area (Å²) < 4.78 is 7.35. The first-order chi connectivity index (χ1) is 15.1. The van der Waals surface area contributed by atoms with Gasteiger partial charge in [0.1, 0.15) is 0 Å². The molecule has 0 heterocycles. The first kappa shape index (κ1) is 24.7. The fourth-order valence-corrected chi connectivity index (χ4v) is 9.95. The maximum atomic E-state index is 11.6. The van der Waals surface area contributed by atoms with Crippen molar-refractivity contribution in [3.8, 4) is 0 Å². The minimum absolute atomic E-state index is 0.0199. The van der Waals surface area contributed by atoms with Crippen molar-refractivity contribution < 1.29 is 14.3 Å². The highest BCUT2D eigenvalue weighted by Crippen LogP contribution is 2.41. The summed E-state index contributed by atoms with van der Waals surface area (Å²) in [7, 11) is -2.54. The Balaban J connectivity index is 1.89. The molecule has 1 saturated carbocycles. The van der Waals surface area contributed by atoms with E-state index in [1.54, 1.807) is 0 Å². The summed E-state index contributed by atoms with van der Waals surface area (Å²) in [6.07, 6.45) is 6.34. The van der Waals surface area contributed by atoms with Gasteiger partial charge in [-0.1, -0.05) is 94.3 Å². The molecule has 4 heteroatoms. The van der Waals surface area contributed by atoms with Crippen molar-refractivity contribution in [3.63, 3.8) is 0 Å². The van der Waals surface area contributed by atoms with E-state index in [1.165, 1.54) is 16.8 Å². The first-order valence-electron chi connectivity index (χ1n) is 12.1. The zero-order valence-corrected chi connectivity index (χ0v) is 21.4. The van der Waals surface area contributed by atoms with Crippen LogP contribution in [0.15, 0.2) is 60.7 Å². The van der Waals surface area contributed by atoms with Crippen molar-refractivity contribution in [2.24, 2.45) is 11.3 Å². The molecule has 3 rings (SSSR count). The Bertz CT molecular complexity index is 831. The van der Waals surface area contributed by atoms with E-state index in [4.69, 9.17) is 4.43 Å². The molecule has 2 aromatic carbocycles. The number of carboxylic acid groups (broad SMARTS) is 1. The predicted molar refractivity (Wildman–Crippen MR) is 135 cm³/mol. The van der Waals surface area contributed by atoms with Crippen LogP contribution in [0.5, 0.6) is 0 Å². The molecule has 0 radical (unpaired) electrons. The third-order valence-corrected chi connectivity index (χ3v) is 12.3. The van der Waals surface area contributed by atoms with Gasteiger partial charge in [-0.15, -0.1) is 0 Å². The van der Waals surface area contributed by atoms with Crippen LogP contribution in [-0.2, 0) is 9.22 Å². The van der Waals surface area contributed by atoms with Crippen LogP contribution >= 0.6 is 0 Å². The quantitative estimate of drug-likeness (QED) is 0.499. The van der Waals surface area contributed by atoms with E-state index < -0.39 is 19.7 Å². The maximum Gasteiger partial charge on any atom is 0.309 e. The van der Waals surface area contributed by atoms with Gasteiger partial charge >= 0.3 is 5.97 Å². The third-order valence-electron chi connectivity index (χ3n) is 7.25. The van der Waals surface area contributed by atoms with Crippen LogP contribution < -0.4 is 10.4 Å². The number of rotatable bonds is 8. The Kier molecular flexibility index (Phi) is 7.67. The number of aliphatic carboxylic acids is 1. The second-order valence-corrected chi connectivity index (χ2v) is 15.4. The molecule has 2 aromatic rings. The number of hydrogen-bond donors (Lipinski definition) is 1. The van der Waals surface area contributed by atoms with Crippen molar-refractivity contribution in [3.05, 3.63) is 60.7 Å². The summed E-state index contributed by atoms with van der Waals surface area (Å²) in [4.78, 5) is 11.6. The molecule has 0 aromatic heterocycles. The van der Waals surface area contributed by atoms with Crippen molar-refractivity contribution in [1.82, 2.24) is 0 Å². The molecule has 32 heavy (non-hydrogen) atoms. The molecule has 0 aliphatic heterocycles. The minimum Gasteiger partial charge on any atom is -0.481 e. The molecule has 1 aliphatic rings. The summed E-state index contributed by atoms with van der Waals surface area (Å²) in [6.45, 7) is 10.7. The van der Waals surface area contributed by atoms with Gasteiger partial charge in [0.15, 0.2) is 0 Å². The first-order valence-corrected chi connectivity index (χ1v) is 14.0. The summed E-state index contributed by atoms with van der Waals surface area (Å²) in [5.41, 5.74) is -0.661. The molecular formula is C28H40O3Si. The van der Waals surface area contributed by atoms with Gasteiger partial charge < -0.3 is 9.53 Å². The lowest BCUT2D eigenvalue weighted by atomic mass is 9.79. The van der Waals surface area contributed by atoms with E-state index in [0.29, 0.717) is 5.92 Å². The lowest BCUT2D eigenvalue weighted by molar-refractivity contribution is -0.147. The van der Waals surface area contributed by atoms with Gasteiger partial charge in [0.25, 0.3) is 8.32 Å².